The minimum Gasteiger partial charge on any atom is -0.497 e. The van der Waals surface area contributed by atoms with Crippen molar-refractivity contribution in [2.24, 2.45) is 5.73 Å². The molecule has 0 bridgehead atoms. The van der Waals surface area contributed by atoms with Crippen LogP contribution in [0, 0.1) is 5.82 Å². The number of rotatable bonds is 8. The zero-order chi connectivity index (χ0) is 19.2. The predicted molar refractivity (Wildman–Crippen MR) is 98.6 cm³/mol. The lowest BCUT2D eigenvalue weighted by molar-refractivity contribution is -0.115. The lowest BCUT2D eigenvalue weighted by atomic mass is 10.3. The first-order valence-electron chi connectivity index (χ1n) is 7.95. The molecule has 7 nitrogen and oxygen atoms in total. The summed E-state index contributed by atoms with van der Waals surface area (Å²) in [5.74, 6) is 0.768. The van der Waals surface area contributed by atoms with Gasteiger partial charge < -0.3 is 15.2 Å². The molecular weight excluding hydrogens is 371 g/mol. The van der Waals surface area contributed by atoms with Gasteiger partial charge in [0.05, 0.1) is 18.6 Å². The second-order valence-electron chi connectivity index (χ2n) is 5.40. The molecule has 0 saturated carbocycles. The highest BCUT2D eigenvalue weighted by Crippen LogP contribution is 2.25. The number of halogens is 1. The lowest BCUT2D eigenvalue weighted by Crippen LogP contribution is -2.14. The zero-order valence-corrected chi connectivity index (χ0v) is 15.3. The van der Waals surface area contributed by atoms with Gasteiger partial charge in [-0.25, -0.2) is 4.39 Å². The number of ether oxygens (including phenoxy) is 2. The van der Waals surface area contributed by atoms with E-state index in [2.05, 4.69) is 10.2 Å². The van der Waals surface area contributed by atoms with Crippen molar-refractivity contribution in [3.8, 4) is 17.2 Å². The number of primary amides is 1. The number of methoxy groups -OCH3 is 1. The monoisotopic (exact) mass is 388 g/mol. The number of aromatic nitrogens is 3. The molecule has 0 fully saturated rings. The highest BCUT2D eigenvalue weighted by atomic mass is 32.2. The third-order valence-corrected chi connectivity index (χ3v) is 4.52. The molecule has 0 saturated heterocycles. The number of thioether (sulfide) groups is 1. The minimum atomic E-state index is -0.501. The molecule has 3 rings (SSSR count). The van der Waals surface area contributed by atoms with Crippen molar-refractivity contribution < 1.29 is 18.7 Å². The summed E-state index contributed by atoms with van der Waals surface area (Å²) < 4.78 is 26.7. The summed E-state index contributed by atoms with van der Waals surface area (Å²) in [6, 6.07) is 13.3. The molecule has 140 valence electrons. The number of nitrogens with zero attached hydrogens (tertiary/aromatic N) is 3. The Morgan fingerprint density at radius 2 is 1.85 bits per heavy atom. The maximum Gasteiger partial charge on any atom is 0.227 e. The summed E-state index contributed by atoms with van der Waals surface area (Å²) in [4.78, 5) is 11.1. The largest absolute Gasteiger partial charge is 0.497 e. The van der Waals surface area contributed by atoms with Crippen LogP contribution in [0.3, 0.4) is 0 Å². The van der Waals surface area contributed by atoms with Crippen LogP contribution in [-0.2, 0) is 11.4 Å². The maximum absolute atomic E-state index is 14.3. The van der Waals surface area contributed by atoms with Gasteiger partial charge in [0, 0.05) is 0 Å². The summed E-state index contributed by atoms with van der Waals surface area (Å²) in [5, 5.41) is 8.48. The van der Waals surface area contributed by atoms with Gasteiger partial charge in [-0.05, 0) is 36.4 Å². The van der Waals surface area contributed by atoms with Crippen LogP contribution in [0.15, 0.2) is 53.7 Å². The average molecular weight is 388 g/mol. The number of para-hydroxylation sites is 1. The third-order valence-electron chi connectivity index (χ3n) is 3.56. The number of hydrogen-bond donors (Lipinski definition) is 1. The van der Waals surface area contributed by atoms with Crippen LogP contribution in [0.4, 0.5) is 4.39 Å². The van der Waals surface area contributed by atoms with Crippen LogP contribution in [0.2, 0.25) is 0 Å². The van der Waals surface area contributed by atoms with Crippen molar-refractivity contribution in [1.82, 2.24) is 14.8 Å². The number of carbonyl (C=O) groups is 1. The van der Waals surface area contributed by atoms with E-state index in [0.29, 0.717) is 22.5 Å². The lowest BCUT2D eigenvalue weighted by Gasteiger charge is -2.12. The first-order valence-corrected chi connectivity index (χ1v) is 8.94. The van der Waals surface area contributed by atoms with Gasteiger partial charge in [-0.3, -0.25) is 9.36 Å². The fraction of sp³-hybridized carbons (Fsp3) is 0.167. The number of benzene rings is 2. The molecule has 0 unspecified atom stereocenters. The van der Waals surface area contributed by atoms with Crippen LogP contribution in [-0.4, -0.2) is 33.5 Å². The Balaban J connectivity index is 1.87. The van der Waals surface area contributed by atoms with Crippen molar-refractivity contribution in [3.05, 3.63) is 60.2 Å². The van der Waals surface area contributed by atoms with Gasteiger partial charge in [0.2, 0.25) is 5.91 Å². The maximum atomic E-state index is 14.3. The first kappa shape index (κ1) is 18.7. The van der Waals surface area contributed by atoms with Crippen LogP contribution >= 0.6 is 11.8 Å². The van der Waals surface area contributed by atoms with Gasteiger partial charge in [-0.2, -0.15) is 0 Å². The predicted octanol–water partition coefficient (Wildman–Crippen LogP) is 2.57. The zero-order valence-electron chi connectivity index (χ0n) is 14.5. The summed E-state index contributed by atoms with van der Waals surface area (Å²) in [6.07, 6.45) is 0. The van der Waals surface area contributed by atoms with Crippen molar-refractivity contribution in [3.63, 3.8) is 0 Å². The summed E-state index contributed by atoms with van der Waals surface area (Å²) in [6.45, 7) is 0.0603. The van der Waals surface area contributed by atoms with E-state index in [1.807, 2.05) is 0 Å². The highest BCUT2D eigenvalue weighted by molar-refractivity contribution is 7.99. The van der Waals surface area contributed by atoms with E-state index >= 15 is 0 Å². The number of nitrogens with two attached hydrogens (primary N) is 1. The van der Waals surface area contributed by atoms with E-state index in [4.69, 9.17) is 15.2 Å². The Morgan fingerprint density at radius 1 is 1.15 bits per heavy atom. The standard InChI is InChI=1S/C18H17FN4O3S/c1-25-12-6-8-13(9-7-12)26-10-17-21-22-18(27-11-16(20)24)23(17)15-5-3-2-4-14(15)19/h2-9H,10-11H2,1H3,(H2,20,24). The Hall–Kier alpha value is -3.07. The minimum absolute atomic E-state index is 0.00588. The number of carbonyl (C=O) groups excluding carboxylic acids is 1. The molecule has 0 atom stereocenters. The Labute approximate surface area is 159 Å². The fourth-order valence-electron chi connectivity index (χ4n) is 2.32. The molecule has 3 aromatic rings. The molecular formula is C18H17FN4O3S. The van der Waals surface area contributed by atoms with Gasteiger partial charge in [0.25, 0.3) is 0 Å². The van der Waals surface area contributed by atoms with Crippen LogP contribution in [0.1, 0.15) is 5.82 Å². The Kier molecular flexibility index (Phi) is 5.92. The average Bonchev–Trinajstić information content (AvgIpc) is 3.08. The topological polar surface area (TPSA) is 92.3 Å². The van der Waals surface area contributed by atoms with Crippen LogP contribution in [0.25, 0.3) is 5.69 Å². The van der Waals surface area contributed by atoms with E-state index in [-0.39, 0.29) is 18.0 Å². The second-order valence-corrected chi connectivity index (χ2v) is 6.35. The molecule has 1 heterocycles. The molecule has 1 aromatic heterocycles. The van der Waals surface area contributed by atoms with E-state index in [0.717, 1.165) is 11.8 Å². The molecule has 0 radical (unpaired) electrons. The van der Waals surface area contributed by atoms with Gasteiger partial charge >= 0.3 is 0 Å². The number of amides is 1. The first-order chi connectivity index (χ1) is 13.1. The van der Waals surface area contributed by atoms with Crippen LogP contribution in [0.5, 0.6) is 11.5 Å². The normalized spacial score (nSPS) is 10.6. The molecule has 9 heteroatoms. The van der Waals surface area contributed by atoms with Crippen LogP contribution < -0.4 is 15.2 Å². The van der Waals surface area contributed by atoms with E-state index in [1.165, 1.54) is 10.6 Å². The quantitative estimate of drug-likeness (QED) is 0.596. The van der Waals surface area contributed by atoms with Gasteiger partial charge in [-0.15, -0.1) is 10.2 Å². The van der Waals surface area contributed by atoms with Crippen molar-refractivity contribution in [2.45, 2.75) is 11.8 Å². The van der Waals surface area contributed by atoms with Crippen molar-refractivity contribution >= 4 is 17.7 Å². The van der Waals surface area contributed by atoms with Crippen molar-refractivity contribution in [1.29, 1.82) is 0 Å². The van der Waals surface area contributed by atoms with E-state index < -0.39 is 11.7 Å². The third kappa shape index (κ3) is 4.56. The van der Waals surface area contributed by atoms with E-state index in [9.17, 15) is 9.18 Å². The molecule has 1 amide bonds. The molecule has 2 aromatic carbocycles. The van der Waals surface area contributed by atoms with Gasteiger partial charge in [0.15, 0.2) is 11.0 Å². The second kappa shape index (κ2) is 8.54. The molecule has 27 heavy (non-hydrogen) atoms. The Morgan fingerprint density at radius 3 is 2.52 bits per heavy atom. The Bertz CT molecular complexity index is 931. The molecule has 0 aliphatic heterocycles. The van der Waals surface area contributed by atoms with Gasteiger partial charge in [0.1, 0.15) is 23.9 Å². The smallest absolute Gasteiger partial charge is 0.227 e. The van der Waals surface area contributed by atoms with E-state index in [1.54, 1.807) is 49.6 Å². The molecule has 2 N–H and O–H groups in total. The summed E-state index contributed by atoms with van der Waals surface area (Å²) in [7, 11) is 1.58. The van der Waals surface area contributed by atoms with Crippen molar-refractivity contribution in [2.75, 3.05) is 12.9 Å². The molecule has 0 spiro atoms. The summed E-state index contributed by atoms with van der Waals surface area (Å²) >= 11 is 1.08. The molecule has 0 aliphatic carbocycles. The summed E-state index contributed by atoms with van der Waals surface area (Å²) in [5.41, 5.74) is 5.46. The fourth-order valence-corrected chi connectivity index (χ4v) is 3.02. The highest BCUT2D eigenvalue weighted by Gasteiger charge is 2.18. The number of hydrogen-bond acceptors (Lipinski definition) is 6. The molecule has 0 aliphatic rings. The SMILES string of the molecule is COc1ccc(OCc2nnc(SCC(N)=O)n2-c2ccccc2F)cc1. The van der Waals surface area contributed by atoms with Gasteiger partial charge in [-0.1, -0.05) is 23.9 Å².